The van der Waals surface area contributed by atoms with Crippen LogP contribution in [0.25, 0.3) is 82.9 Å². The molecular formula is C58H40N6O4. The summed E-state index contributed by atoms with van der Waals surface area (Å²) in [5.74, 6) is 0.247. The normalized spacial score (nSPS) is 11.3. The molecule has 0 radical (unpaired) electrons. The molecular weight excluding hydrogens is 845 g/mol. The molecule has 0 saturated carbocycles. The van der Waals surface area contributed by atoms with Gasteiger partial charge in [-0.25, -0.2) is 19.4 Å². The number of hydrogen-bond acceptors (Lipinski definition) is 7. The fraction of sp³-hybridized carbons (Fsp3) is 0.0690. The summed E-state index contributed by atoms with van der Waals surface area (Å²) in [6.07, 6.45) is 0. The van der Waals surface area contributed by atoms with E-state index in [4.69, 9.17) is 31.0 Å². The minimum atomic E-state index is -0.487. The summed E-state index contributed by atoms with van der Waals surface area (Å²) in [6.45, 7) is 12.5. The molecule has 10 heteroatoms. The van der Waals surface area contributed by atoms with Crippen LogP contribution in [0.2, 0.25) is 0 Å². The van der Waals surface area contributed by atoms with Crippen molar-refractivity contribution in [1.82, 2.24) is 24.1 Å². The van der Waals surface area contributed by atoms with Gasteiger partial charge in [-0.1, -0.05) is 120 Å². The van der Waals surface area contributed by atoms with E-state index in [0.29, 0.717) is 56.4 Å². The van der Waals surface area contributed by atoms with Crippen LogP contribution in [0.4, 0.5) is 5.69 Å². The lowest BCUT2D eigenvalue weighted by Gasteiger charge is -2.16. The highest BCUT2D eigenvalue weighted by Crippen LogP contribution is 2.40. The Morgan fingerprint density at radius 3 is 1.50 bits per heavy atom. The van der Waals surface area contributed by atoms with Crippen molar-refractivity contribution in [2.45, 2.75) is 27.1 Å². The lowest BCUT2D eigenvalue weighted by atomic mass is 10.1. The van der Waals surface area contributed by atoms with Gasteiger partial charge in [0.15, 0.2) is 17.3 Å². The predicted octanol–water partition coefficient (Wildman–Crippen LogP) is 13.3. The maximum atomic E-state index is 13.7. The van der Waals surface area contributed by atoms with E-state index in [-0.39, 0.29) is 13.2 Å². The van der Waals surface area contributed by atoms with Crippen molar-refractivity contribution in [3.8, 4) is 34.4 Å². The average Bonchev–Trinajstić information content (AvgIpc) is 3.88. The van der Waals surface area contributed by atoms with Crippen LogP contribution in [0, 0.1) is 20.4 Å². The zero-order valence-electron chi connectivity index (χ0n) is 37.1. The van der Waals surface area contributed by atoms with E-state index in [1.807, 2.05) is 109 Å². The molecule has 0 amide bonds. The van der Waals surface area contributed by atoms with E-state index in [2.05, 4.69) is 64.2 Å². The number of aromatic nitrogens is 5. The highest BCUT2D eigenvalue weighted by atomic mass is 16.5. The van der Waals surface area contributed by atoms with Crippen molar-refractivity contribution in [3.63, 3.8) is 0 Å². The first-order valence-electron chi connectivity index (χ1n) is 22.2. The number of carbonyl (C=O) groups is 2. The number of carbonyl (C=O) groups excluding carboxylic acids is 2. The molecule has 0 fully saturated rings. The standard InChI is InChI=1S/C58H40N6O4/c1-36-19-24-51-44(29-36)45-30-37(2)20-25-52(45)64(51)58-61-54(40-17-11-6-12-18-40)60-55(62-58)48-33-43(59-3)23-28-53(48)63-49-26-21-41(56(65)67-34-38-13-7-4-8-14-38)31-46(49)47-32-42(22-27-50(47)63)57(66)68-35-39-15-9-5-10-16-39/h4-33H,34-35H2,1-2H3. The summed E-state index contributed by atoms with van der Waals surface area (Å²) in [7, 11) is 0. The minimum Gasteiger partial charge on any atom is -0.457 e. The van der Waals surface area contributed by atoms with Crippen molar-refractivity contribution >= 4 is 61.2 Å². The third-order valence-electron chi connectivity index (χ3n) is 12.2. The fourth-order valence-corrected chi connectivity index (χ4v) is 8.89. The predicted molar refractivity (Wildman–Crippen MR) is 266 cm³/mol. The van der Waals surface area contributed by atoms with Gasteiger partial charge in [0.1, 0.15) is 13.2 Å². The molecule has 0 aliphatic carbocycles. The number of hydrogen-bond donors (Lipinski definition) is 0. The molecule has 0 aliphatic rings. The highest BCUT2D eigenvalue weighted by molar-refractivity contribution is 6.13. The quantitative estimate of drug-likeness (QED) is 0.0994. The minimum absolute atomic E-state index is 0.112. The van der Waals surface area contributed by atoms with Crippen LogP contribution in [-0.2, 0) is 22.7 Å². The van der Waals surface area contributed by atoms with E-state index in [0.717, 1.165) is 60.7 Å². The number of fused-ring (bicyclic) bond motifs is 6. The zero-order valence-corrected chi connectivity index (χ0v) is 37.1. The van der Waals surface area contributed by atoms with Gasteiger partial charge >= 0.3 is 11.9 Å². The second-order valence-corrected chi connectivity index (χ2v) is 16.8. The molecule has 11 aromatic rings. The Hall–Kier alpha value is -9.20. The maximum absolute atomic E-state index is 13.7. The first kappa shape index (κ1) is 41.5. The number of nitrogens with zero attached hydrogens (tertiary/aromatic N) is 6. The summed E-state index contributed by atoms with van der Waals surface area (Å²) in [5, 5.41) is 3.56. The van der Waals surface area contributed by atoms with Gasteiger partial charge in [-0.3, -0.25) is 4.57 Å². The third-order valence-corrected chi connectivity index (χ3v) is 12.2. The van der Waals surface area contributed by atoms with Crippen LogP contribution >= 0.6 is 0 Å². The van der Waals surface area contributed by atoms with E-state index in [1.54, 1.807) is 36.4 Å². The largest absolute Gasteiger partial charge is 0.457 e. The molecule has 0 N–H and O–H groups in total. The maximum Gasteiger partial charge on any atom is 0.338 e. The Morgan fingerprint density at radius 1 is 0.500 bits per heavy atom. The van der Waals surface area contributed by atoms with Gasteiger partial charge in [0.25, 0.3) is 0 Å². The number of rotatable bonds is 10. The molecule has 3 aromatic heterocycles. The third kappa shape index (κ3) is 7.67. The molecule has 0 bridgehead atoms. The van der Waals surface area contributed by atoms with Gasteiger partial charge in [-0.05, 0) is 97.8 Å². The highest BCUT2D eigenvalue weighted by Gasteiger charge is 2.24. The fourth-order valence-electron chi connectivity index (χ4n) is 8.89. The smallest absolute Gasteiger partial charge is 0.338 e. The number of esters is 2. The summed E-state index contributed by atoms with van der Waals surface area (Å²) >= 11 is 0. The molecule has 10 nitrogen and oxygen atoms in total. The lowest BCUT2D eigenvalue weighted by molar-refractivity contribution is 0.0464. The molecule has 0 saturated heterocycles. The second-order valence-electron chi connectivity index (χ2n) is 16.8. The Bertz CT molecular complexity index is 3650. The van der Waals surface area contributed by atoms with Crippen molar-refractivity contribution in [2.24, 2.45) is 0 Å². The van der Waals surface area contributed by atoms with Gasteiger partial charge in [0.05, 0.1) is 45.5 Å². The van der Waals surface area contributed by atoms with Gasteiger partial charge in [-0.15, -0.1) is 0 Å². The Balaban J connectivity index is 1.12. The van der Waals surface area contributed by atoms with E-state index in [9.17, 15) is 9.59 Å². The van der Waals surface area contributed by atoms with Crippen molar-refractivity contribution in [3.05, 3.63) is 227 Å². The first-order valence-corrected chi connectivity index (χ1v) is 22.2. The van der Waals surface area contributed by atoms with Gasteiger partial charge in [-0.2, -0.15) is 9.97 Å². The SMILES string of the molecule is [C-]#[N+]c1ccc(-n2c3ccc(C(=O)OCc4ccccc4)cc3c3cc(C(=O)OCc4ccccc4)ccc32)c(-c2nc(-c3ccccc3)nc(-n3c4ccc(C)cc4c4cc(C)ccc43)n2)c1. The monoisotopic (exact) mass is 884 g/mol. The topological polar surface area (TPSA) is 105 Å². The molecule has 8 aromatic carbocycles. The van der Waals surface area contributed by atoms with Crippen LogP contribution in [0.15, 0.2) is 182 Å². The molecule has 11 rings (SSSR count). The molecule has 0 atom stereocenters. The van der Waals surface area contributed by atoms with Gasteiger partial charge < -0.3 is 14.0 Å². The summed E-state index contributed by atoms with van der Waals surface area (Å²) < 4.78 is 15.7. The lowest BCUT2D eigenvalue weighted by Crippen LogP contribution is -2.08. The van der Waals surface area contributed by atoms with Gasteiger partial charge in [0.2, 0.25) is 5.95 Å². The zero-order chi connectivity index (χ0) is 46.3. The second kappa shape index (κ2) is 17.3. The molecule has 0 spiro atoms. The molecule has 0 unspecified atom stereocenters. The summed E-state index contributed by atoms with van der Waals surface area (Å²) in [6, 6.07) is 57.9. The number of ether oxygens (including phenoxy) is 2. The van der Waals surface area contributed by atoms with Crippen LogP contribution in [0.1, 0.15) is 43.0 Å². The Labute approximate surface area is 391 Å². The molecule has 326 valence electrons. The van der Waals surface area contributed by atoms with Crippen LogP contribution < -0.4 is 0 Å². The molecule has 0 aliphatic heterocycles. The van der Waals surface area contributed by atoms with Crippen molar-refractivity contribution in [2.75, 3.05) is 0 Å². The Kier molecular flexibility index (Phi) is 10.6. The van der Waals surface area contributed by atoms with Crippen molar-refractivity contribution < 1.29 is 19.1 Å². The summed E-state index contributed by atoms with van der Waals surface area (Å²) in [4.78, 5) is 46.9. The average molecular weight is 885 g/mol. The number of benzene rings is 8. The first-order chi connectivity index (χ1) is 33.3. The number of aryl methyl sites for hydroxylation is 2. The van der Waals surface area contributed by atoms with Crippen molar-refractivity contribution in [1.29, 1.82) is 0 Å². The van der Waals surface area contributed by atoms with E-state index < -0.39 is 11.9 Å². The van der Waals surface area contributed by atoms with E-state index in [1.165, 1.54) is 0 Å². The van der Waals surface area contributed by atoms with Crippen LogP contribution in [0.3, 0.4) is 0 Å². The summed E-state index contributed by atoms with van der Waals surface area (Å²) in [5.41, 5.74) is 10.5. The van der Waals surface area contributed by atoms with Gasteiger partial charge in [0, 0.05) is 32.7 Å². The molecule has 68 heavy (non-hydrogen) atoms. The van der Waals surface area contributed by atoms with Crippen LogP contribution in [0.5, 0.6) is 0 Å². The van der Waals surface area contributed by atoms with Crippen LogP contribution in [-0.4, -0.2) is 36.0 Å². The molecule has 3 heterocycles. The van der Waals surface area contributed by atoms with E-state index >= 15 is 0 Å². The Morgan fingerprint density at radius 2 is 0.971 bits per heavy atom.